The maximum atomic E-state index is 11.3. The lowest BCUT2D eigenvalue weighted by Crippen LogP contribution is -2.03. The molecular weight excluding hydrogens is 248 g/mol. The number of methoxy groups -OCH3 is 1. The molecular formula is C13H11N2O2S+. The van der Waals surface area contributed by atoms with Gasteiger partial charge in [0.1, 0.15) is 0 Å². The van der Waals surface area contributed by atoms with E-state index in [1.165, 1.54) is 18.4 Å². The van der Waals surface area contributed by atoms with E-state index in [0.717, 1.165) is 10.4 Å². The Morgan fingerprint density at radius 3 is 2.72 bits per heavy atom. The van der Waals surface area contributed by atoms with E-state index in [1.54, 1.807) is 0 Å². The molecule has 0 spiro atoms. The van der Waals surface area contributed by atoms with Crippen LogP contribution < -0.4 is 0 Å². The van der Waals surface area contributed by atoms with Gasteiger partial charge < -0.3 is 4.74 Å². The molecule has 2 rings (SSSR count). The van der Waals surface area contributed by atoms with E-state index < -0.39 is 0 Å². The lowest BCUT2D eigenvalue weighted by molar-refractivity contribution is -0.139. The van der Waals surface area contributed by atoms with Gasteiger partial charge in [-0.1, -0.05) is 30.3 Å². The lowest BCUT2D eigenvalue weighted by Gasteiger charge is -1.94. The third-order valence-electron chi connectivity index (χ3n) is 2.50. The van der Waals surface area contributed by atoms with E-state index in [9.17, 15) is 4.79 Å². The zero-order chi connectivity index (χ0) is 13.0. The number of benzene rings is 1. The quantitative estimate of drug-likeness (QED) is 0.625. The molecule has 0 unspecified atom stereocenters. The maximum absolute atomic E-state index is 11.3. The molecule has 0 amide bonds. The fourth-order valence-corrected chi connectivity index (χ4v) is 2.57. The van der Waals surface area contributed by atoms with Gasteiger partial charge in [-0.3, -0.25) is 4.79 Å². The summed E-state index contributed by atoms with van der Waals surface area (Å²) in [5, 5.41) is 9.39. The van der Waals surface area contributed by atoms with Crippen molar-refractivity contribution in [3.05, 3.63) is 46.9 Å². The molecule has 5 heteroatoms. The van der Waals surface area contributed by atoms with E-state index in [2.05, 4.69) is 9.71 Å². The molecule has 18 heavy (non-hydrogen) atoms. The normalized spacial score (nSPS) is 9.78. The molecule has 0 bridgehead atoms. The van der Waals surface area contributed by atoms with Crippen LogP contribution >= 0.6 is 11.3 Å². The highest BCUT2D eigenvalue weighted by Crippen LogP contribution is 2.37. The molecule has 1 aromatic heterocycles. The number of hydrogen-bond donors (Lipinski definition) is 0. The predicted octanol–water partition coefficient (Wildman–Crippen LogP) is 3.62. The number of thiophene rings is 1. The highest BCUT2D eigenvalue weighted by Gasteiger charge is 2.22. The SMILES string of the molecule is COC(=O)Cc1cc(-c2ccccc2)sc1[N+]#N. The van der Waals surface area contributed by atoms with Crippen LogP contribution in [0.15, 0.2) is 36.4 Å². The zero-order valence-corrected chi connectivity index (χ0v) is 10.6. The van der Waals surface area contributed by atoms with Crippen LogP contribution in [-0.4, -0.2) is 13.1 Å². The number of diazo groups is 1. The van der Waals surface area contributed by atoms with Crippen molar-refractivity contribution in [1.29, 1.82) is 5.39 Å². The van der Waals surface area contributed by atoms with E-state index in [0.29, 0.717) is 10.6 Å². The van der Waals surface area contributed by atoms with Crippen LogP contribution in [0.5, 0.6) is 0 Å². The summed E-state index contributed by atoms with van der Waals surface area (Å²) in [4.78, 5) is 15.4. The molecule has 2 aromatic rings. The average molecular weight is 259 g/mol. The molecule has 0 saturated carbocycles. The molecule has 1 heterocycles. The lowest BCUT2D eigenvalue weighted by atomic mass is 10.1. The molecule has 0 fully saturated rings. The van der Waals surface area contributed by atoms with Crippen LogP contribution in [0.3, 0.4) is 0 Å². The fraction of sp³-hybridized carbons (Fsp3) is 0.154. The number of esters is 1. The summed E-state index contributed by atoms with van der Waals surface area (Å²) in [6.45, 7) is 0. The third-order valence-corrected chi connectivity index (χ3v) is 3.61. The van der Waals surface area contributed by atoms with Crippen LogP contribution in [-0.2, 0) is 16.0 Å². The summed E-state index contributed by atoms with van der Waals surface area (Å²) in [6, 6.07) is 11.6. The van der Waals surface area contributed by atoms with E-state index >= 15 is 0 Å². The first kappa shape index (κ1) is 12.3. The first-order valence-electron chi connectivity index (χ1n) is 5.34. The molecule has 0 atom stereocenters. The minimum atomic E-state index is -0.350. The van der Waals surface area contributed by atoms with Crippen LogP contribution in [0, 0.1) is 5.39 Å². The first-order valence-corrected chi connectivity index (χ1v) is 6.16. The van der Waals surface area contributed by atoms with Crippen molar-refractivity contribution >= 4 is 22.3 Å². The number of hydrogen-bond acceptors (Lipinski definition) is 4. The van der Waals surface area contributed by atoms with Gasteiger partial charge in [0.15, 0.2) is 4.98 Å². The van der Waals surface area contributed by atoms with Gasteiger partial charge in [-0.05, 0) is 23.0 Å². The van der Waals surface area contributed by atoms with E-state index in [1.807, 2.05) is 36.4 Å². The summed E-state index contributed by atoms with van der Waals surface area (Å²) in [6.07, 6.45) is 0.110. The minimum absolute atomic E-state index is 0.110. The fourth-order valence-electron chi connectivity index (χ4n) is 1.60. The van der Waals surface area contributed by atoms with Crippen molar-refractivity contribution in [3.63, 3.8) is 0 Å². The van der Waals surface area contributed by atoms with Crippen molar-refractivity contribution in [2.24, 2.45) is 0 Å². The Labute approximate surface area is 108 Å². The third kappa shape index (κ3) is 2.55. The van der Waals surface area contributed by atoms with Crippen molar-refractivity contribution in [2.75, 3.05) is 7.11 Å². The second-order valence-electron chi connectivity index (χ2n) is 3.66. The molecule has 90 valence electrons. The molecule has 1 aromatic carbocycles. The molecule has 0 aliphatic heterocycles. The number of nitrogens with zero attached hydrogens (tertiary/aromatic N) is 2. The molecule has 0 radical (unpaired) electrons. The number of carbonyl (C=O) groups excluding carboxylic acids is 1. The van der Waals surface area contributed by atoms with Gasteiger partial charge in [0.05, 0.1) is 19.1 Å². The summed E-state index contributed by atoms with van der Waals surface area (Å²) in [7, 11) is 1.34. The van der Waals surface area contributed by atoms with Crippen molar-refractivity contribution in [2.45, 2.75) is 6.42 Å². The van der Waals surface area contributed by atoms with Gasteiger partial charge in [0.25, 0.3) is 0 Å². The molecule has 0 saturated heterocycles. The summed E-state index contributed by atoms with van der Waals surface area (Å²) in [5.41, 5.74) is 1.71. The molecule has 0 aliphatic rings. The van der Waals surface area contributed by atoms with Crippen molar-refractivity contribution in [3.8, 4) is 10.4 Å². The summed E-state index contributed by atoms with van der Waals surface area (Å²) in [5.74, 6) is -0.350. The summed E-state index contributed by atoms with van der Waals surface area (Å²) < 4.78 is 4.61. The van der Waals surface area contributed by atoms with Crippen molar-refractivity contribution < 1.29 is 9.53 Å². The first-order chi connectivity index (χ1) is 8.74. The minimum Gasteiger partial charge on any atom is -0.469 e. The Morgan fingerprint density at radius 2 is 2.11 bits per heavy atom. The number of rotatable bonds is 3. The van der Waals surface area contributed by atoms with Gasteiger partial charge in [-0.25, -0.2) is 0 Å². The van der Waals surface area contributed by atoms with Crippen LogP contribution in [0.25, 0.3) is 15.4 Å². The van der Waals surface area contributed by atoms with Gasteiger partial charge in [-0.2, -0.15) is 0 Å². The standard InChI is InChI=1S/C13H11N2O2S/c1-17-12(16)8-10-7-11(18-13(10)15-14)9-5-3-2-4-6-9/h2-7H,8H2,1H3/q+1. The predicted molar refractivity (Wildman–Crippen MR) is 70.2 cm³/mol. The molecule has 0 N–H and O–H groups in total. The second-order valence-corrected chi connectivity index (χ2v) is 4.69. The average Bonchev–Trinajstić information content (AvgIpc) is 2.82. The summed E-state index contributed by atoms with van der Waals surface area (Å²) >= 11 is 1.34. The maximum Gasteiger partial charge on any atom is 0.444 e. The largest absolute Gasteiger partial charge is 0.469 e. The van der Waals surface area contributed by atoms with Crippen LogP contribution in [0.4, 0.5) is 5.00 Å². The van der Waals surface area contributed by atoms with Gasteiger partial charge >= 0.3 is 11.0 Å². The number of ether oxygens (including phenoxy) is 1. The topological polar surface area (TPSA) is 54.5 Å². The second kappa shape index (κ2) is 5.43. The Morgan fingerprint density at radius 1 is 1.39 bits per heavy atom. The Hall–Kier alpha value is -2.19. The van der Waals surface area contributed by atoms with Gasteiger partial charge in [0, 0.05) is 4.88 Å². The Kier molecular flexibility index (Phi) is 3.70. The molecule has 0 aliphatic carbocycles. The monoisotopic (exact) mass is 259 g/mol. The highest BCUT2D eigenvalue weighted by atomic mass is 32.1. The highest BCUT2D eigenvalue weighted by molar-refractivity contribution is 7.19. The number of carbonyl (C=O) groups is 1. The van der Waals surface area contributed by atoms with E-state index in [4.69, 9.17) is 5.39 Å². The van der Waals surface area contributed by atoms with Gasteiger partial charge in [0.2, 0.25) is 5.39 Å². The smallest absolute Gasteiger partial charge is 0.444 e. The van der Waals surface area contributed by atoms with Gasteiger partial charge in [-0.15, -0.1) is 0 Å². The Bertz CT molecular complexity index is 599. The van der Waals surface area contributed by atoms with E-state index in [-0.39, 0.29) is 12.4 Å². The zero-order valence-electron chi connectivity index (χ0n) is 9.79. The molecule has 4 nitrogen and oxygen atoms in total. The van der Waals surface area contributed by atoms with Crippen LogP contribution in [0.2, 0.25) is 0 Å². The van der Waals surface area contributed by atoms with Crippen molar-refractivity contribution in [1.82, 2.24) is 0 Å². The Balaban J connectivity index is 2.36. The van der Waals surface area contributed by atoms with Crippen LogP contribution in [0.1, 0.15) is 5.56 Å².